The number of carbonyl (C=O) groups excluding carboxylic acids is 2. The van der Waals surface area contributed by atoms with Crippen molar-refractivity contribution in [1.29, 1.82) is 0 Å². The maximum atomic E-state index is 13.3. The molecule has 0 heterocycles. The first-order valence-electron chi connectivity index (χ1n) is 6.09. The van der Waals surface area contributed by atoms with Crippen LogP contribution in [-0.2, 0) is 9.59 Å². The van der Waals surface area contributed by atoms with Crippen molar-refractivity contribution in [3.63, 3.8) is 0 Å². The first-order chi connectivity index (χ1) is 8.78. The summed E-state index contributed by atoms with van der Waals surface area (Å²) in [4.78, 5) is 23.1. The van der Waals surface area contributed by atoms with Gasteiger partial charge in [0.05, 0.1) is 12.2 Å². The van der Waals surface area contributed by atoms with Crippen LogP contribution in [0.3, 0.4) is 0 Å². The number of nitrogens with one attached hydrogen (secondary N) is 2. The predicted molar refractivity (Wildman–Crippen MR) is 72.1 cm³/mol. The molecule has 0 aliphatic heterocycles. The largest absolute Gasteiger partial charge is 0.347 e. The van der Waals surface area contributed by atoms with Crippen molar-refractivity contribution >= 4 is 17.5 Å². The molecule has 2 N–H and O–H groups in total. The van der Waals surface area contributed by atoms with Gasteiger partial charge in [-0.1, -0.05) is 32.9 Å². The first kappa shape index (κ1) is 15.1. The van der Waals surface area contributed by atoms with Gasteiger partial charge in [0.1, 0.15) is 5.82 Å². The second-order valence-electron chi connectivity index (χ2n) is 5.54. The van der Waals surface area contributed by atoms with Gasteiger partial charge in [-0.25, -0.2) is 4.39 Å². The quantitative estimate of drug-likeness (QED) is 0.878. The third-order valence-electron chi connectivity index (χ3n) is 2.28. The third-order valence-corrected chi connectivity index (χ3v) is 2.28. The SMILES string of the molecule is CC(C)(C)CC(=O)NCC(=O)Nc1ccccc1F. The van der Waals surface area contributed by atoms with Crippen LogP contribution < -0.4 is 10.6 Å². The number of amides is 2. The van der Waals surface area contributed by atoms with Crippen LogP contribution in [-0.4, -0.2) is 18.4 Å². The lowest BCUT2D eigenvalue weighted by Gasteiger charge is -2.17. The summed E-state index contributed by atoms with van der Waals surface area (Å²) in [6.07, 6.45) is 0.333. The zero-order chi connectivity index (χ0) is 14.5. The van der Waals surface area contributed by atoms with Crippen molar-refractivity contribution in [2.24, 2.45) is 5.41 Å². The fourth-order valence-electron chi connectivity index (χ4n) is 1.48. The molecule has 0 fully saturated rings. The summed E-state index contributed by atoms with van der Waals surface area (Å²) < 4.78 is 13.3. The molecule has 0 unspecified atom stereocenters. The van der Waals surface area contributed by atoms with Crippen molar-refractivity contribution in [2.75, 3.05) is 11.9 Å². The Morgan fingerprint density at radius 1 is 1.16 bits per heavy atom. The Labute approximate surface area is 112 Å². The molecule has 0 aromatic heterocycles. The lowest BCUT2D eigenvalue weighted by Crippen LogP contribution is -2.34. The van der Waals surface area contributed by atoms with Gasteiger partial charge in [-0.2, -0.15) is 0 Å². The average molecular weight is 266 g/mol. The number of rotatable bonds is 4. The van der Waals surface area contributed by atoms with Crippen LogP contribution in [0.5, 0.6) is 0 Å². The maximum Gasteiger partial charge on any atom is 0.243 e. The molecule has 0 saturated carbocycles. The third kappa shape index (κ3) is 5.99. The highest BCUT2D eigenvalue weighted by Crippen LogP contribution is 2.17. The average Bonchev–Trinajstić information content (AvgIpc) is 2.27. The molecule has 104 valence electrons. The fourth-order valence-corrected chi connectivity index (χ4v) is 1.48. The molecule has 0 aliphatic rings. The summed E-state index contributed by atoms with van der Waals surface area (Å²) in [5.74, 6) is -1.15. The van der Waals surface area contributed by atoms with E-state index in [4.69, 9.17) is 0 Å². The van der Waals surface area contributed by atoms with E-state index in [0.717, 1.165) is 0 Å². The van der Waals surface area contributed by atoms with Crippen molar-refractivity contribution in [3.05, 3.63) is 30.1 Å². The van der Waals surface area contributed by atoms with Crippen LogP contribution in [0.2, 0.25) is 0 Å². The van der Waals surface area contributed by atoms with Gasteiger partial charge in [0, 0.05) is 6.42 Å². The van der Waals surface area contributed by atoms with Crippen molar-refractivity contribution in [2.45, 2.75) is 27.2 Å². The molecule has 1 aromatic rings. The first-order valence-corrected chi connectivity index (χ1v) is 6.09. The number of halogens is 1. The molecular formula is C14H19FN2O2. The van der Waals surface area contributed by atoms with Gasteiger partial charge in [-0.3, -0.25) is 9.59 Å². The van der Waals surface area contributed by atoms with Crippen molar-refractivity contribution in [3.8, 4) is 0 Å². The molecule has 5 heteroatoms. The number of hydrogen-bond acceptors (Lipinski definition) is 2. The molecule has 1 rings (SSSR count). The summed E-state index contributed by atoms with van der Waals surface area (Å²) in [5, 5.41) is 4.90. The standard InChI is InChI=1S/C14H19FN2O2/c1-14(2,3)8-12(18)16-9-13(19)17-11-7-5-4-6-10(11)15/h4-7H,8-9H2,1-3H3,(H,16,18)(H,17,19). The molecule has 0 atom stereocenters. The minimum Gasteiger partial charge on any atom is -0.347 e. The highest BCUT2D eigenvalue weighted by Gasteiger charge is 2.16. The highest BCUT2D eigenvalue weighted by molar-refractivity contribution is 5.94. The van der Waals surface area contributed by atoms with E-state index in [1.165, 1.54) is 18.2 Å². The Hall–Kier alpha value is -1.91. The van der Waals surface area contributed by atoms with E-state index in [2.05, 4.69) is 10.6 Å². The number of anilines is 1. The summed E-state index contributed by atoms with van der Waals surface area (Å²) in [6.45, 7) is 5.65. The maximum absolute atomic E-state index is 13.3. The number of hydrogen-bond donors (Lipinski definition) is 2. The lowest BCUT2D eigenvalue weighted by atomic mass is 9.92. The summed E-state index contributed by atoms with van der Waals surface area (Å²) in [5.41, 5.74) is -0.0240. The molecule has 19 heavy (non-hydrogen) atoms. The fraction of sp³-hybridized carbons (Fsp3) is 0.429. The lowest BCUT2D eigenvalue weighted by molar-refractivity contribution is -0.125. The Balaban J connectivity index is 2.41. The topological polar surface area (TPSA) is 58.2 Å². The predicted octanol–water partition coefficient (Wildman–Crippen LogP) is 2.32. The van der Waals surface area contributed by atoms with Gasteiger partial charge in [-0.15, -0.1) is 0 Å². The van der Waals surface area contributed by atoms with Crippen molar-refractivity contribution < 1.29 is 14.0 Å². The van der Waals surface area contributed by atoms with Crippen LogP contribution >= 0.6 is 0 Å². The Morgan fingerprint density at radius 3 is 2.37 bits per heavy atom. The zero-order valence-corrected chi connectivity index (χ0v) is 11.4. The van der Waals surface area contributed by atoms with E-state index in [1.54, 1.807) is 6.07 Å². The van der Waals surface area contributed by atoms with Gasteiger partial charge >= 0.3 is 0 Å². The van der Waals surface area contributed by atoms with Gasteiger partial charge in [-0.05, 0) is 17.5 Å². The highest BCUT2D eigenvalue weighted by atomic mass is 19.1. The van der Waals surface area contributed by atoms with Crippen molar-refractivity contribution in [1.82, 2.24) is 5.32 Å². The van der Waals surface area contributed by atoms with Gasteiger partial charge < -0.3 is 10.6 Å². The summed E-state index contributed by atoms with van der Waals surface area (Å²) in [7, 11) is 0. The van der Waals surface area contributed by atoms with E-state index in [0.29, 0.717) is 6.42 Å². The molecule has 0 aliphatic carbocycles. The molecule has 0 saturated heterocycles. The van der Waals surface area contributed by atoms with E-state index in [1.807, 2.05) is 20.8 Å². The smallest absolute Gasteiger partial charge is 0.243 e. The monoisotopic (exact) mass is 266 g/mol. The summed E-state index contributed by atoms with van der Waals surface area (Å²) in [6, 6.07) is 5.88. The molecule has 2 amide bonds. The van der Waals surface area contributed by atoms with Gasteiger partial charge in [0.2, 0.25) is 11.8 Å². The zero-order valence-electron chi connectivity index (χ0n) is 11.4. The van der Waals surface area contributed by atoms with E-state index in [9.17, 15) is 14.0 Å². The van der Waals surface area contributed by atoms with Crippen LogP contribution in [0.1, 0.15) is 27.2 Å². The number of benzene rings is 1. The minimum absolute atomic E-state index is 0.109. The normalized spacial score (nSPS) is 10.9. The molecule has 0 bridgehead atoms. The van der Waals surface area contributed by atoms with Crippen LogP contribution in [0.25, 0.3) is 0 Å². The second kappa shape index (κ2) is 6.31. The minimum atomic E-state index is -0.503. The molecule has 0 radical (unpaired) electrons. The van der Waals surface area contributed by atoms with E-state index in [-0.39, 0.29) is 23.6 Å². The summed E-state index contributed by atoms with van der Waals surface area (Å²) >= 11 is 0. The molecular weight excluding hydrogens is 247 g/mol. The molecule has 4 nitrogen and oxygen atoms in total. The van der Waals surface area contributed by atoms with E-state index < -0.39 is 11.7 Å². The Morgan fingerprint density at radius 2 is 1.79 bits per heavy atom. The number of carbonyl (C=O) groups is 2. The van der Waals surface area contributed by atoms with E-state index >= 15 is 0 Å². The Bertz CT molecular complexity index is 467. The van der Waals surface area contributed by atoms with Crippen LogP contribution in [0.4, 0.5) is 10.1 Å². The van der Waals surface area contributed by atoms with Gasteiger partial charge in [0.15, 0.2) is 0 Å². The van der Waals surface area contributed by atoms with Gasteiger partial charge in [0.25, 0.3) is 0 Å². The van der Waals surface area contributed by atoms with Crippen LogP contribution in [0, 0.1) is 11.2 Å². The molecule has 0 spiro atoms. The molecule has 1 aromatic carbocycles. The Kier molecular flexibility index (Phi) is 5.03. The number of para-hydroxylation sites is 1. The van der Waals surface area contributed by atoms with Crippen LogP contribution in [0.15, 0.2) is 24.3 Å². The second-order valence-corrected chi connectivity index (χ2v) is 5.54.